The van der Waals surface area contributed by atoms with Crippen molar-refractivity contribution in [2.45, 2.75) is 6.92 Å². The Morgan fingerprint density at radius 1 is 1.38 bits per heavy atom. The molecule has 0 aliphatic heterocycles. The van der Waals surface area contributed by atoms with E-state index in [1.807, 2.05) is 6.92 Å². The summed E-state index contributed by atoms with van der Waals surface area (Å²) in [5.74, 6) is 0. The molecule has 0 atom stereocenters. The van der Waals surface area contributed by atoms with Crippen molar-refractivity contribution < 1.29 is 0 Å². The minimum atomic E-state index is -0.205. The van der Waals surface area contributed by atoms with E-state index in [4.69, 9.17) is 11.6 Å². The molecule has 0 aliphatic carbocycles. The van der Waals surface area contributed by atoms with Crippen molar-refractivity contribution in [1.29, 1.82) is 0 Å². The molecule has 1 aromatic heterocycles. The molecule has 0 spiro atoms. The van der Waals surface area contributed by atoms with Crippen molar-refractivity contribution in [3.05, 3.63) is 39.3 Å². The number of hydrogen-bond acceptors (Lipinski definition) is 2. The van der Waals surface area contributed by atoms with Crippen LogP contribution in [0.15, 0.2) is 23.0 Å². The Labute approximate surface area is 79.4 Å². The number of nitrogens with one attached hydrogen (secondary N) is 1. The molecule has 0 aliphatic rings. The number of H-pyrrole nitrogens is 1. The number of aromatic amines is 1. The van der Waals surface area contributed by atoms with Gasteiger partial charge in [-0.2, -0.15) is 5.10 Å². The first-order chi connectivity index (χ1) is 6.18. The Morgan fingerprint density at radius 3 is 2.92 bits per heavy atom. The molecule has 13 heavy (non-hydrogen) atoms. The smallest absolute Gasteiger partial charge is 0.267 e. The highest BCUT2D eigenvalue weighted by atomic mass is 35.5. The van der Waals surface area contributed by atoms with Gasteiger partial charge in [-0.05, 0) is 19.1 Å². The summed E-state index contributed by atoms with van der Waals surface area (Å²) in [7, 11) is 0. The van der Waals surface area contributed by atoms with Crippen LogP contribution in [0.3, 0.4) is 0 Å². The van der Waals surface area contributed by atoms with E-state index in [-0.39, 0.29) is 5.56 Å². The van der Waals surface area contributed by atoms with Crippen LogP contribution in [0.25, 0.3) is 10.8 Å². The van der Waals surface area contributed by atoms with E-state index in [2.05, 4.69) is 10.2 Å². The van der Waals surface area contributed by atoms with Gasteiger partial charge in [-0.25, -0.2) is 5.10 Å². The molecule has 1 aromatic carbocycles. The number of hydrogen-bond donors (Lipinski definition) is 1. The molecule has 66 valence electrons. The van der Waals surface area contributed by atoms with Crippen LogP contribution < -0.4 is 5.56 Å². The second-order valence-electron chi connectivity index (χ2n) is 2.83. The number of fused-ring (bicyclic) bond motifs is 1. The molecule has 0 fully saturated rings. The highest BCUT2D eigenvalue weighted by Gasteiger charge is 2.02. The molecule has 0 amide bonds. The fourth-order valence-electron chi connectivity index (χ4n) is 1.27. The lowest BCUT2D eigenvalue weighted by atomic mass is 10.1. The lowest BCUT2D eigenvalue weighted by Crippen LogP contribution is -2.09. The average molecular weight is 195 g/mol. The molecule has 0 bridgehead atoms. The van der Waals surface area contributed by atoms with E-state index in [1.165, 1.54) is 0 Å². The number of benzene rings is 1. The maximum absolute atomic E-state index is 11.3. The summed E-state index contributed by atoms with van der Waals surface area (Å²) in [6.07, 6.45) is 0. The zero-order valence-corrected chi connectivity index (χ0v) is 7.72. The fourth-order valence-corrected chi connectivity index (χ4v) is 1.45. The van der Waals surface area contributed by atoms with E-state index in [9.17, 15) is 4.79 Å². The summed E-state index contributed by atoms with van der Waals surface area (Å²) in [5, 5.41) is 8.24. The van der Waals surface area contributed by atoms with Crippen molar-refractivity contribution in [3.8, 4) is 0 Å². The summed E-state index contributed by atoms with van der Waals surface area (Å²) >= 11 is 5.77. The molecule has 1 N–H and O–H groups in total. The lowest BCUT2D eigenvalue weighted by Gasteiger charge is -1.99. The zero-order valence-electron chi connectivity index (χ0n) is 6.97. The summed E-state index contributed by atoms with van der Waals surface area (Å²) < 4.78 is 0. The maximum Gasteiger partial charge on any atom is 0.272 e. The topological polar surface area (TPSA) is 45.8 Å². The molecule has 2 rings (SSSR count). The first-order valence-corrected chi connectivity index (χ1v) is 4.21. The van der Waals surface area contributed by atoms with E-state index in [0.717, 1.165) is 11.1 Å². The fraction of sp³-hybridized carbons (Fsp3) is 0.111. The van der Waals surface area contributed by atoms with E-state index < -0.39 is 0 Å². The molecule has 4 heteroatoms. The van der Waals surface area contributed by atoms with Crippen molar-refractivity contribution in [3.63, 3.8) is 0 Å². The SMILES string of the molecule is Cc1n[nH]c(=O)c2cc(Cl)ccc12. The largest absolute Gasteiger partial charge is 0.272 e. The molecule has 0 radical (unpaired) electrons. The molecule has 1 heterocycles. The third kappa shape index (κ3) is 1.31. The van der Waals surface area contributed by atoms with Gasteiger partial charge in [0.25, 0.3) is 5.56 Å². The summed E-state index contributed by atoms with van der Waals surface area (Å²) in [5.41, 5.74) is 0.592. The Balaban J connectivity index is 3.01. The van der Waals surface area contributed by atoms with Gasteiger partial charge in [0.05, 0.1) is 11.1 Å². The number of nitrogens with zero attached hydrogens (tertiary/aromatic N) is 1. The quantitative estimate of drug-likeness (QED) is 0.696. The number of aryl methyl sites for hydroxylation is 1. The summed E-state index contributed by atoms with van der Waals surface area (Å²) in [4.78, 5) is 11.3. The van der Waals surface area contributed by atoms with Crippen molar-refractivity contribution >= 4 is 22.4 Å². The van der Waals surface area contributed by atoms with Crippen molar-refractivity contribution in [2.24, 2.45) is 0 Å². The zero-order chi connectivity index (χ0) is 9.42. The second-order valence-corrected chi connectivity index (χ2v) is 3.26. The van der Waals surface area contributed by atoms with Crippen LogP contribution in [0.1, 0.15) is 5.69 Å². The van der Waals surface area contributed by atoms with Gasteiger partial charge in [-0.3, -0.25) is 4.79 Å². The second kappa shape index (κ2) is 2.85. The predicted molar refractivity (Wildman–Crippen MR) is 52.1 cm³/mol. The highest BCUT2D eigenvalue weighted by Crippen LogP contribution is 2.17. The van der Waals surface area contributed by atoms with Crippen LogP contribution in [0.2, 0.25) is 5.02 Å². The first kappa shape index (κ1) is 8.26. The maximum atomic E-state index is 11.3. The number of rotatable bonds is 0. The van der Waals surface area contributed by atoms with Gasteiger partial charge in [-0.1, -0.05) is 17.7 Å². The molecule has 0 unspecified atom stereocenters. The minimum Gasteiger partial charge on any atom is -0.267 e. The highest BCUT2D eigenvalue weighted by molar-refractivity contribution is 6.31. The monoisotopic (exact) mass is 194 g/mol. The first-order valence-electron chi connectivity index (χ1n) is 3.83. The molecule has 3 nitrogen and oxygen atoms in total. The van der Waals surface area contributed by atoms with Crippen LogP contribution in [0.5, 0.6) is 0 Å². The van der Waals surface area contributed by atoms with E-state index >= 15 is 0 Å². The van der Waals surface area contributed by atoms with Gasteiger partial charge < -0.3 is 0 Å². The number of halogens is 1. The standard InChI is InChI=1S/C9H7ClN2O/c1-5-7-3-2-6(10)4-8(7)9(13)12-11-5/h2-4H,1H3,(H,12,13). The summed E-state index contributed by atoms with van der Waals surface area (Å²) in [6.45, 7) is 1.84. The van der Waals surface area contributed by atoms with Gasteiger partial charge >= 0.3 is 0 Å². The van der Waals surface area contributed by atoms with Crippen LogP contribution in [0.4, 0.5) is 0 Å². The van der Waals surface area contributed by atoms with Gasteiger partial charge in [0.2, 0.25) is 0 Å². The molecule has 0 saturated carbocycles. The third-order valence-corrected chi connectivity index (χ3v) is 2.18. The van der Waals surface area contributed by atoms with Gasteiger partial charge in [0.1, 0.15) is 0 Å². The van der Waals surface area contributed by atoms with Crippen LogP contribution in [-0.2, 0) is 0 Å². The Bertz CT molecular complexity index is 518. The van der Waals surface area contributed by atoms with Crippen molar-refractivity contribution in [1.82, 2.24) is 10.2 Å². The molecular weight excluding hydrogens is 188 g/mol. The van der Waals surface area contributed by atoms with Gasteiger partial charge in [0, 0.05) is 10.4 Å². The van der Waals surface area contributed by atoms with Gasteiger partial charge in [0.15, 0.2) is 0 Å². The molecule has 0 saturated heterocycles. The third-order valence-electron chi connectivity index (χ3n) is 1.94. The van der Waals surface area contributed by atoms with E-state index in [1.54, 1.807) is 18.2 Å². The lowest BCUT2D eigenvalue weighted by molar-refractivity contribution is 0.970. The van der Waals surface area contributed by atoms with Crippen LogP contribution >= 0.6 is 11.6 Å². The molecule has 2 aromatic rings. The van der Waals surface area contributed by atoms with Gasteiger partial charge in [-0.15, -0.1) is 0 Å². The normalized spacial score (nSPS) is 10.6. The predicted octanol–water partition coefficient (Wildman–Crippen LogP) is 1.88. The van der Waals surface area contributed by atoms with Crippen LogP contribution in [-0.4, -0.2) is 10.2 Å². The molecular formula is C9H7ClN2O. The van der Waals surface area contributed by atoms with E-state index in [0.29, 0.717) is 10.4 Å². The van der Waals surface area contributed by atoms with Crippen LogP contribution in [0, 0.1) is 6.92 Å². The number of aromatic nitrogens is 2. The Morgan fingerprint density at radius 2 is 2.15 bits per heavy atom. The van der Waals surface area contributed by atoms with Crippen molar-refractivity contribution in [2.75, 3.05) is 0 Å². The summed E-state index contributed by atoms with van der Waals surface area (Å²) in [6, 6.07) is 5.19. The average Bonchev–Trinajstić information content (AvgIpc) is 2.12. The Kier molecular flexibility index (Phi) is 1.81. The Hall–Kier alpha value is -1.35. The minimum absolute atomic E-state index is 0.205.